The molecule has 1 amide bonds. The fraction of sp³-hybridized carbons (Fsp3) is 0.188. The Hall–Kier alpha value is -2.12. The lowest BCUT2D eigenvalue weighted by atomic mass is 10.3. The molecule has 2 aromatic heterocycles. The van der Waals surface area contributed by atoms with E-state index in [4.69, 9.17) is 4.74 Å². The summed E-state index contributed by atoms with van der Waals surface area (Å²) in [4.78, 5) is 20.6. The number of hydrogen-bond acceptors (Lipinski definition) is 6. The Balaban J connectivity index is 1.65. The number of para-hydroxylation sites is 2. The molecular formula is C16H15N3O2S2. The van der Waals surface area contributed by atoms with Gasteiger partial charge in [0.1, 0.15) is 17.1 Å². The van der Waals surface area contributed by atoms with Gasteiger partial charge in [-0.3, -0.25) is 4.79 Å². The molecule has 2 heterocycles. The molecule has 3 rings (SSSR count). The van der Waals surface area contributed by atoms with Gasteiger partial charge >= 0.3 is 0 Å². The van der Waals surface area contributed by atoms with Gasteiger partial charge < -0.3 is 10.1 Å². The van der Waals surface area contributed by atoms with E-state index in [0.29, 0.717) is 18.0 Å². The molecule has 0 unspecified atom stereocenters. The number of carbonyl (C=O) groups is 1. The molecule has 0 aliphatic carbocycles. The third kappa shape index (κ3) is 3.80. The minimum absolute atomic E-state index is 0.0922. The summed E-state index contributed by atoms with van der Waals surface area (Å²) in [5, 5.41) is 5.69. The number of rotatable bonds is 6. The molecule has 3 aromatic rings. The maximum Gasteiger partial charge on any atom is 0.234 e. The lowest BCUT2D eigenvalue weighted by molar-refractivity contribution is -0.113. The third-order valence-electron chi connectivity index (χ3n) is 3.01. The van der Waals surface area contributed by atoms with E-state index in [-0.39, 0.29) is 11.7 Å². The van der Waals surface area contributed by atoms with Crippen LogP contribution in [-0.4, -0.2) is 28.2 Å². The number of thioether (sulfide) groups is 1. The molecule has 0 radical (unpaired) electrons. The van der Waals surface area contributed by atoms with Crippen LogP contribution in [0.3, 0.4) is 0 Å². The van der Waals surface area contributed by atoms with Crippen LogP contribution in [0.4, 0.5) is 5.69 Å². The zero-order chi connectivity index (χ0) is 16.1. The van der Waals surface area contributed by atoms with Crippen LogP contribution in [0.1, 0.15) is 6.92 Å². The first-order chi connectivity index (χ1) is 11.3. The number of nitrogens with one attached hydrogen (secondary N) is 1. The number of thiophene rings is 1. The molecule has 5 nitrogen and oxygen atoms in total. The Morgan fingerprint density at radius 2 is 2.17 bits per heavy atom. The minimum atomic E-state index is -0.0922. The maximum atomic E-state index is 12.2. The Kier molecular flexibility index (Phi) is 5.09. The van der Waals surface area contributed by atoms with Crippen molar-refractivity contribution in [3.8, 4) is 5.75 Å². The fourth-order valence-corrected chi connectivity index (χ4v) is 3.79. The Bertz CT molecular complexity index is 820. The Labute approximate surface area is 142 Å². The zero-order valence-corrected chi connectivity index (χ0v) is 14.1. The van der Waals surface area contributed by atoms with E-state index in [2.05, 4.69) is 15.3 Å². The lowest BCUT2D eigenvalue weighted by Gasteiger charge is -2.11. The summed E-state index contributed by atoms with van der Waals surface area (Å²) in [6, 6.07) is 9.36. The van der Waals surface area contributed by atoms with Crippen molar-refractivity contribution in [2.75, 3.05) is 17.7 Å². The van der Waals surface area contributed by atoms with Crippen molar-refractivity contribution >= 4 is 44.9 Å². The molecule has 0 atom stereocenters. The van der Waals surface area contributed by atoms with Gasteiger partial charge in [-0.25, -0.2) is 9.97 Å². The van der Waals surface area contributed by atoms with Gasteiger partial charge in [-0.1, -0.05) is 23.9 Å². The number of fused-ring (bicyclic) bond motifs is 1. The number of carbonyl (C=O) groups excluding carboxylic acids is 1. The van der Waals surface area contributed by atoms with Crippen molar-refractivity contribution in [1.82, 2.24) is 9.97 Å². The lowest BCUT2D eigenvalue weighted by Crippen LogP contribution is -2.15. The second-order valence-electron chi connectivity index (χ2n) is 4.58. The summed E-state index contributed by atoms with van der Waals surface area (Å²) in [7, 11) is 0. The van der Waals surface area contributed by atoms with Crippen molar-refractivity contribution in [2.45, 2.75) is 11.9 Å². The highest BCUT2D eigenvalue weighted by atomic mass is 32.2. The van der Waals surface area contributed by atoms with E-state index in [1.165, 1.54) is 18.1 Å². The van der Waals surface area contributed by atoms with Crippen LogP contribution in [0.25, 0.3) is 10.2 Å². The molecule has 0 bridgehead atoms. The Morgan fingerprint density at radius 3 is 3.04 bits per heavy atom. The third-order valence-corrected chi connectivity index (χ3v) is 5.04. The van der Waals surface area contributed by atoms with Gasteiger partial charge in [-0.15, -0.1) is 11.3 Å². The van der Waals surface area contributed by atoms with Crippen LogP contribution in [-0.2, 0) is 4.79 Å². The SMILES string of the molecule is CCOc1ccccc1NC(=O)CSc1ncnc2ccsc12. The Morgan fingerprint density at radius 1 is 1.30 bits per heavy atom. The van der Waals surface area contributed by atoms with Crippen molar-refractivity contribution in [3.05, 3.63) is 42.0 Å². The molecular weight excluding hydrogens is 330 g/mol. The highest BCUT2D eigenvalue weighted by Gasteiger charge is 2.11. The molecule has 118 valence electrons. The number of anilines is 1. The van der Waals surface area contributed by atoms with E-state index in [1.54, 1.807) is 11.3 Å². The minimum Gasteiger partial charge on any atom is -0.492 e. The summed E-state index contributed by atoms with van der Waals surface area (Å²) in [6.45, 7) is 2.47. The normalized spacial score (nSPS) is 10.7. The van der Waals surface area contributed by atoms with Crippen LogP contribution >= 0.6 is 23.1 Å². The summed E-state index contributed by atoms with van der Waals surface area (Å²) < 4.78 is 6.52. The molecule has 0 aliphatic heterocycles. The number of hydrogen-bond donors (Lipinski definition) is 1. The first-order valence-corrected chi connectivity index (χ1v) is 8.97. The van der Waals surface area contributed by atoms with Crippen molar-refractivity contribution in [3.63, 3.8) is 0 Å². The van der Waals surface area contributed by atoms with Crippen molar-refractivity contribution < 1.29 is 9.53 Å². The predicted molar refractivity (Wildman–Crippen MR) is 94.4 cm³/mol. The van der Waals surface area contributed by atoms with E-state index in [1.807, 2.05) is 42.6 Å². The van der Waals surface area contributed by atoms with Gasteiger partial charge in [0.2, 0.25) is 5.91 Å². The second kappa shape index (κ2) is 7.43. The van der Waals surface area contributed by atoms with E-state index in [0.717, 1.165) is 15.2 Å². The van der Waals surface area contributed by atoms with Crippen LogP contribution < -0.4 is 10.1 Å². The molecule has 0 spiro atoms. The summed E-state index contributed by atoms with van der Waals surface area (Å²) >= 11 is 2.99. The molecule has 1 N–H and O–H groups in total. The molecule has 0 fully saturated rings. The van der Waals surface area contributed by atoms with E-state index >= 15 is 0 Å². The molecule has 1 aromatic carbocycles. The average molecular weight is 345 g/mol. The molecule has 0 aliphatic rings. The highest BCUT2D eigenvalue weighted by Crippen LogP contribution is 2.29. The molecule has 0 saturated carbocycles. The van der Waals surface area contributed by atoms with Crippen molar-refractivity contribution in [2.24, 2.45) is 0 Å². The zero-order valence-electron chi connectivity index (χ0n) is 12.5. The van der Waals surface area contributed by atoms with Crippen LogP contribution in [0.5, 0.6) is 5.75 Å². The summed E-state index contributed by atoms with van der Waals surface area (Å²) in [5.74, 6) is 0.867. The fourth-order valence-electron chi connectivity index (χ4n) is 2.04. The van der Waals surface area contributed by atoms with Crippen LogP contribution in [0, 0.1) is 0 Å². The number of aromatic nitrogens is 2. The van der Waals surface area contributed by atoms with E-state index in [9.17, 15) is 4.79 Å². The van der Waals surface area contributed by atoms with E-state index < -0.39 is 0 Å². The monoisotopic (exact) mass is 345 g/mol. The summed E-state index contributed by atoms with van der Waals surface area (Å²) in [5.41, 5.74) is 1.60. The number of amides is 1. The van der Waals surface area contributed by atoms with Gasteiger partial charge in [0.25, 0.3) is 0 Å². The second-order valence-corrected chi connectivity index (χ2v) is 6.46. The van der Waals surface area contributed by atoms with Crippen molar-refractivity contribution in [1.29, 1.82) is 0 Å². The number of nitrogens with zero attached hydrogens (tertiary/aromatic N) is 2. The van der Waals surface area contributed by atoms with Gasteiger partial charge in [-0.05, 0) is 30.5 Å². The molecule has 7 heteroatoms. The molecule has 23 heavy (non-hydrogen) atoms. The number of benzene rings is 1. The quantitative estimate of drug-likeness (QED) is 0.543. The van der Waals surface area contributed by atoms with Crippen LogP contribution in [0.15, 0.2) is 47.1 Å². The predicted octanol–water partition coefficient (Wildman–Crippen LogP) is 3.82. The maximum absolute atomic E-state index is 12.2. The van der Waals surface area contributed by atoms with Gasteiger partial charge in [-0.2, -0.15) is 0 Å². The standard InChI is InChI=1S/C16H15N3O2S2/c1-2-21-13-6-4-3-5-11(13)19-14(20)9-23-16-15-12(7-8-22-15)17-10-18-16/h3-8,10H,2,9H2,1H3,(H,19,20). The largest absolute Gasteiger partial charge is 0.492 e. The smallest absolute Gasteiger partial charge is 0.234 e. The first kappa shape index (κ1) is 15.8. The van der Waals surface area contributed by atoms with Crippen LogP contribution in [0.2, 0.25) is 0 Å². The summed E-state index contributed by atoms with van der Waals surface area (Å²) in [6.07, 6.45) is 1.53. The van der Waals surface area contributed by atoms with Gasteiger partial charge in [0.05, 0.1) is 28.3 Å². The molecule has 0 saturated heterocycles. The topological polar surface area (TPSA) is 64.1 Å². The van der Waals surface area contributed by atoms with Gasteiger partial charge in [0.15, 0.2) is 0 Å². The van der Waals surface area contributed by atoms with Gasteiger partial charge in [0, 0.05) is 0 Å². The highest BCUT2D eigenvalue weighted by molar-refractivity contribution is 8.00. The average Bonchev–Trinajstić information content (AvgIpc) is 3.04. The number of ether oxygens (including phenoxy) is 1. The first-order valence-electron chi connectivity index (χ1n) is 7.10.